The minimum Gasteiger partial charge on any atom is -0.385 e. The van der Waals surface area contributed by atoms with Crippen molar-refractivity contribution in [1.82, 2.24) is 14.7 Å². The number of morpholine rings is 1. The average molecular weight is 509 g/mol. The third-order valence-corrected chi connectivity index (χ3v) is 7.66. The highest BCUT2D eigenvalue weighted by Crippen LogP contribution is 2.30. The molecule has 4 heterocycles. The summed E-state index contributed by atoms with van der Waals surface area (Å²) in [5.74, 6) is -1.71. The van der Waals surface area contributed by atoms with Gasteiger partial charge in [0.1, 0.15) is 17.8 Å². The molecule has 190 valence electrons. The van der Waals surface area contributed by atoms with Crippen LogP contribution in [0.1, 0.15) is 31.2 Å². The number of hydrogen-bond acceptors (Lipinski definition) is 7. The van der Waals surface area contributed by atoms with Crippen molar-refractivity contribution >= 4 is 29.2 Å². The number of amidine groups is 2. The molecule has 5 rings (SSSR count). The zero-order valence-corrected chi connectivity index (χ0v) is 20.3. The molecule has 0 bridgehead atoms. The summed E-state index contributed by atoms with van der Waals surface area (Å²) >= 11 is 6.06. The van der Waals surface area contributed by atoms with Crippen molar-refractivity contribution in [1.29, 1.82) is 0 Å². The summed E-state index contributed by atoms with van der Waals surface area (Å²) in [6.45, 7) is 1.99. The Morgan fingerprint density at radius 1 is 1.17 bits per heavy atom. The van der Waals surface area contributed by atoms with Gasteiger partial charge in [-0.2, -0.15) is 0 Å². The number of nitrogens with zero attached hydrogens (tertiary/aromatic N) is 5. The van der Waals surface area contributed by atoms with Gasteiger partial charge in [0.2, 0.25) is 0 Å². The van der Waals surface area contributed by atoms with Gasteiger partial charge in [0.15, 0.2) is 0 Å². The quantitative estimate of drug-likeness (QED) is 0.674. The van der Waals surface area contributed by atoms with Gasteiger partial charge in [-0.3, -0.25) is 9.69 Å². The monoisotopic (exact) mass is 508 g/mol. The van der Waals surface area contributed by atoms with Crippen molar-refractivity contribution in [3.8, 4) is 0 Å². The van der Waals surface area contributed by atoms with E-state index in [4.69, 9.17) is 22.1 Å². The summed E-state index contributed by atoms with van der Waals surface area (Å²) in [7, 11) is 0. The molecule has 4 aliphatic heterocycles. The molecule has 8 nitrogen and oxygen atoms in total. The third-order valence-electron chi connectivity index (χ3n) is 7.41. The number of piperidine rings is 1. The number of carbonyl (C=O) groups excluding carboxylic acids is 1. The van der Waals surface area contributed by atoms with Crippen LogP contribution in [0.4, 0.5) is 8.78 Å². The van der Waals surface area contributed by atoms with Crippen LogP contribution in [0, 0.1) is 0 Å². The smallest absolute Gasteiger partial charge is 0.267 e. The number of hydrogen-bond donors (Lipinski definition) is 1. The van der Waals surface area contributed by atoms with Crippen molar-refractivity contribution in [2.75, 3.05) is 39.3 Å². The Labute approximate surface area is 208 Å². The predicted octanol–water partition coefficient (Wildman–Crippen LogP) is 2.36. The van der Waals surface area contributed by atoms with E-state index in [9.17, 15) is 13.6 Å². The summed E-state index contributed by atoms with van der Waals surface area (Å²) in [6, 6.07) is 8.10. The molecule has 35 heavy (non-hydrogen) atoms. The van der Waals surface area contributed by atoms with Crippen LogP contribution in [0.25, 0.3) is 0 Å². The number of benzene rings is 1. The first-order valence-corrected chi connectivity index (χ1v) is 12.6. The van der Waals surface area contributed by atoms with Crippen molar-refractivity contribution in [2.24, 2.45) is 15.9 Å². The maximum Gasteiger partial charge on any atom is 0.267 e. The molecule has 0 unspecified atom stereocenters. The molecule has 2 N–H and O–H groups in total. The van der Waals surface area contributed by atoms with E-state index in [0.29, 0.717) is 30.4 Å². The van der Waals surface area contributed by atoms with Crippen LogP contribution in [0.3, 0.4) is 0 Å². The van der Waals surface area contributed by atoms with Gasteiger partial charge in [-0.15, -0.1) is 10.2 Å². The minimum absolute atomic E-state index is 0.0750. The molecule has 3 fully saturated rings. The van der Waals surface area contributed by atoms with E-state index < -0.39 is 18.6 Å². The first-order chi connectivity index (χ1) is 16.8. The second-order valence-electron chi connectivity index (χ2n) is 9.87. The molecule has 0 spiro atoms. The first-order valence-electron chi connectivity index (χ1n) is 12.2. The Morgan fingerprint density at radius 3 is 2.54 bits per heavy atom. The van der Waals surface area contributed by atoms with Crippen molar-refractivity contribution in [3.05, 3.63) is 34.9 Å². The van der Waals surface area contributed by atoms with Crippen LogP contribution in [0.15, 0.2) is 34.5 Å². The fraction of sp³-hybridized carbons (Fsp3) is 0.625. The number of carbonyl (C=O) groups is 1. The summed E-state index contributed by atoms with van der Waals surface area (Å²) in [6.07, 6.45) is 2.13. The van der Waals surface area contributed by atoms with Gasteiger partial charge >= 0.3 is 0 Å². The van der Waals surface area contributed by atoms with Gasteiger partial charge in [0.25, 0.3) is 11.8 Å². The number of alkyl halides is 2. The standard InChI is InChI=1S/C24H31ClF2N6O2/c25-17-3-1-16(2-4-17)11-19-14-35-20(23(34)32-10-7-24(26,27)15-32)13-33(19)18-5-8-31(9-6-18)22-12-21(28)29-30-22/h1-4,18-20H,5-15H2,(H2,28,29)/t19-,20+/m0/s1. The van der Waals surface area contributed by atoms with Gasteiger partial charge in [-0.25, -0.2) is 8.78 Å². The highest BCUT2D eigenvalue weighted by atomic mass is 35.5. The number of likely N-dealkylation sites (tertiary alicyclic amines) is 2. The Balaban J connectivity index is 1.27. The minimum atomic E-state index is -2.82. The third kappa shape index (κ3) is 5.59. The molecule has 11 heteroatoms. The molecule has 0 aromatic heterocycles. The fourth-order valence-corrected chi connectivity index (χ4v) is 5.62. The van der Waals surface area contributed by atoms with Gasteiger partial charge in [-0.05, 0) is 37.0 Å². The highest BCUT2D eigenvalue weighted by molar-refractivity contribution is 6.30. The maximum absolute atomic E-state index is 13.7. The van der Waals surface area contributed by atoms with E-state index in [1.807, 2.05) is 24.3 Å². The summed E-state index contributed by atoms with van der Waals surface area (Å²) in [4.78, 5) is 18.9. The molecule has 0 radical (unpaired) electrons. The SMILES string of the molecule is NC1=NN=C(N2CCC(N3C[C@H](C(=O)N4CCC(F)(F)C4)OC[C@@H]3Cc3ccc(Cl)cc3)CC2)C1. The number of halogens is 3. The van der Waals surface area contributed by atoms with Crippen LogP contribution in [0.5, 0.6) is 0 Å². The summed E-state index contributed by atoms with van der Waals surface area (Å²) in [5, 5.41) is 8.83. The van der Waals surface area contributed by atoms with Crippen LogP contribution < -0.4 is 5.73 Å². The summed E-state index contributed by atoms with van der Waals surface area (Å²) in [5.41, 5.74) is 6.93. The molecule has 0 saturated carbocycles. The van der Waals surface area contributed by atoms with E-state index in [1.54, 1.807) is 0 Å². The molecule has 0 aliphatic carbocycles. The van der Waals surface area contributed by atoms with Gasteiger partial charge in [-0.1, -0.05) is 23.7 Å². The first kappa shape index (κ1) is 24.4. The lowest BCUT2D eigenvalue weighted by Crippen LogP contribution is -2.60. The number of amides is 1. The predicted molar refractivity (Wildman–Crippen MR) is 130 cm³/mol. The van der Waals surface area contributed by atoms with Crippen molar-refractivity contribution in [2.45, 2.75) is 56.2 Å². The van der Waals surface area contributed by atoms with Crippen LogP contribution in [-0.4, -0.2) is 95.7 Å². The normalized spacial score (nSPS) is 27.7. The number of rotatable bonds is 4. The fourth-order valence-electron chi connectivity index (χ4n) is 5.49. The lowest BCUT2D eigenvalue weighted by Gasteiger charge is -2.47. The van der Waals surface area contributed by atoms with Crippen LogP contribution >= 0.6 is 11.6 Å². The van der Waals surface area contributed by atoms with Crippen molar-refractivity contribution < 1.29 is 18.3 Å². The lowest BCUT2D eigenvalue weighted by molar-refractivity contribution is -0.156. The molecule has 3 saturated heterocycles. The molecular formula is C24H31ClF2N6O2. The Kier molecular flexibility index (Phi) is 6.96. The molecule has 1 amide bonds. The molecule has 4 aliphatic rings. The second-order valence-corrected chi connectivity index (χ2v) is 10.3. The molecular weight excluding hydrogens is 478 g/mol. The zero-order valence-electron chi connectivity index (χ0n) is 19.6. The summed E-state index contributed by atoms with van der Waals surface area (Å²) < 4.78 is 33.5. The average Bonchev–Trinajstić information content (AvgIpc) is 3.45. The Hall–Kier alpha value is -2.30. The molecule has 1 aromatic rings. The largest absolute Gasteiger partial charge is 0.385 e. The molecule has 2 atom stereocenters. The van der Waals surface area contributed by atoms with E-state index in [-0.39, 0.29) is 31.0 Å². The number of ether oxygens (including phenoxy) is 1. The second kappa shape index (κ2) is 9.99. The van der Waals surface area contributed by atoms with Gasteiger partial charge in [0, 0.05) is 49.7 Å². The lowest BCUT2D eigenvalue weighted by atomic mass is 9.96. The Bertz CT molecular complexity index is 996. The van der Waals surface area contributed by atoms with Crippen molar-refractivity contribution in [3.63, 3.8) is 0 Å². The van der Waals surface area contributed by atoms with E-state index in [2.05, 4.69) is 20.0 Å². The topological polar surface area (TPSA) is 86.8 Å². The van der Waals surface area contributed by atoms with Gasteiger partial charge < -0.3 is 20.3 Å². The van der Waals surface area contributed by atoms with E-state index >= 15 is 0 Å². The van der Waals surface area contributed by atoms with Crippen LogP contribution in [0.2, 0.25) is 5.02 Å². The highest BCUT2D eigenvalue weighted by Gasteiger charge is 2.45. The maximum atomic E-state index is 13.7. The number of nitrogens with two attached hydrogens (primary N) is 1. The molecule has 1 aromatic carbocycles. The van der Waals surface area contributed by atoms with Gasteiger partial charge in [0.05, 0.1) is 19.6 Å². The zero-order chi connectivity index (χ0) is 24.6. The van der Waals surface area contributed by atoms with E-state index in [1.165, 1.54) is 4.90 Å². The van der Waals surface area contributed by atoms with Crippen LogP contribution in [-0.2, 0) is 16.0 Å². The Morgan fingerprint density at radius 2 is 1.91 bits per heavy atom. The van der Waals surface area contributed by atoms with E-state index in [0.717, 1.165) is 43.8 Å².